The number of sulfonamides is 1. The van der Waals surface area contributed by atoms with Gasteiger partial charge in [-0.3, -0.25) is 0 Å². The molecule has 1 heterocycles. The summed E-state index contributed by atoms with van der Waals surface area (Å²) < 4.78 is 28.0. The second-order valence-electron chi connectivity index (χ2n) is 5.51. The Balaban J connectivity index is 1.88. The number of rotatable bonds is 10. The van der Waals surface area contributed by atoms with E-state index in [0.29, 0.717) is 21.8 Å². The molecule has 1 aliphatic rings. The molecule has 120 valence electrons. The summed E-state index contributed by atoms with van der Waals surface area (Å²) >= 11 is 4.86. The molecule has 0 saturated heterocycles. The highest BCUT2D eigenvalue weighted by molar-refractivity contribution is 9.11. The molecule has 0 spiro atoms. The fourth-order valence-corrected chi connectivity index (χ4v) is 5.86. The molecule has 0 amide bonds. The van der Waals surface area contributed by atoms with Gasteiger partial charge in [0.15, 0.2) is 0 Å². The van der Waals surface area contributed by atoms with E-state index in [9.17, 15) is 8.42 Å². The van der Waals surface area contributed by atoms with E-state index in [1.807, 2.05) is 0 Å². The van der Waals surface area contributed by atoms with E-state index < -0.39 is 10.0 Å². The quantitative estimate of drug-likeness (QED) is 0.597. The van der Waals surface area contributed by atoms with Crippen LogP contribution < -0.4 is 10.0 Å². The predicted molar refractivity (Wildman–Crippen MR) is 91.2 cm³/mol. The van der Waals surface area contributed by atoms with Crippen LogP contribution in [0.2, 0.25) is 0 Å². The molecule has 1 aromatic heterocycles. The van der Waals surface area contributed by atoms with Gasteiger partial charge >= 0.3 is 0 Å². The molecule has 1 fully saturated rings. The van der Waals surface area contributed by atoms with Crippen LogP contribution in [0.4, 0.5) is 0 Å². The second-order valence-corrected chi connectivity index (χ2v) is 9.70. The Morgan fingerprint density at radius 2 is 2.14 bits per heavy atom. The number of nitrogens with one attached hydrogen (secondary N) is 2. The molecule has 1 aromatic rings. The average molecular weight is 395 g/mol. The minimum Gasteiger partial charge on any atom is -0.312 e. The van der Waals surface area contributed by atoms with E-state index in [1.54, 1.807) is 6.07 Å². The third-order valence-electron chi connectivity index (χ3n) is 3.50. The Kier molecular flexibility index (Phi) is 6.68. The van der Waals surface area contributed by atoms with Crippen molar-refractivity contribution in [3.8, 4) is 0 Å². The van der Waals surface area contributed by atoms with Gasteiger partial charge in [0, 0.05) is 18.0 Å². The normalized spacial score (nSPS) is 15.5. The fourth-order valence-electron chi connectivity index (χ4n) is 2.14. The van der Waals surface area contributed by atoms with Gasteiger partial charge in [-0.1, -0.05) is 19.8 Å². The molecule has 21 heavy (non-hydrogen) atoms. The lowest BCUT2D eigenvalue weighted by molar-refractivity contribution is 0.572. The van der Waals surface area contributed by atoms with E-state index in [2.05, 4.69) is 32.9 Å². The van der Waals surface area contributed by atoms with E-state index in [-0.39, 0.29) is 0 Å². The minimum atomic E-state index is -3.39. The lowest BCUT2D eigenvalue weighted by Crippen LogP contribution is -2.24. The third kappa shape index (κ3) is 5.63. The summed E-state index contributed by atoms with van der Waals surface area (Å²) in [6.07, 6.45) is 5.77. The highest BCUT2D eigenvalue weighted by atomic mass is 79.9. The van der Waals surface area contributed by atoms with Crippen LogP contribution in [0.1, 0.15) is 43.9 Å². The summed E-state index contributed by atoms with van der Waals surface area (Å²) in [6, 6.07) is 1.76. The number of thiophene rings is 1. The molecule has 0 radical (unpaired) electrons. The van der Waals surface area contributed by atoms with Crippen LogP contribution in [0.5, 0.6) is 0 Å². The van der Waals surface area contributed by atoms with Gasteiger partial charge in [-0.05, 0) is 53.7 Å². The highest BCUT2D eigenvalue weighted by Crippen LogP contribution is 2.34. The summed E-state index contributed by atoms with van der Waals surface area (Å²) in [7, 11) is -3.39. The maximum atomic E-state index is 12.3. The molecule has 1 saturated carbocycles. The molecule has 0 unspecified atom stereocenters. The zero-order chi connectivity index (χ0) is 15.3. The van der Waals surface area contributed by atoms with Gasteiger partial charge in [-0.2, -0.15) is 0 Å². The van der Waals surface area contributed by atoms with Gasteiger partial charge in [-0.15, -0.1) is 11.3 Å². The maximum absolute atomic E-state index is 12.3. The molecule has 0 aliphatic heterocycles. The first-order valence-corrected chi connectivity index (χ1v) is 10.6. The molecule has 7 heteroatoms. The lowest BCUT2D eigenvalue weighted by Gasteiger charge is -2.05. The van der Waals surface area contributed by atoms with Gasteiger partial charge in [-0.25, -0.2) is 13.1 Å². The van der Waals surface area contributed by atoms with E-state index in [1.165, 1.54) is 24.2 Å². The van der Waals surface area contributed by atoms with Gasteiger partial charge < -0.3 is 5.32 Å². The molecule has 0 aromatic carbocycles. The summed E-state index contributed by atoms with van der Waals surface area (Å²) in [5, 5.41) is 3.29. The monoisotopic (exact) mass is 394 g/mol. The Morgan fingerprint density at radius 1 is 1.38 bits per heavy atom. The Morgan fingerprint density at radius 3 is 2.81 bits per heavy atom. The highest BCUT2D eigenvalue weighted by Gasteiger charge is 2.22. The first-order valence-electron chi connectivity index (χ1n) is 7.51. The summed E-state index contributed by atoms with van der Waals surface area (Å²) in [6.45, 7) is 4.30. The van der Waals surface area contributed by atoms with Crippen LogP contribution in [0.3, 0.4) is 0 Å². The number of hydrogen-bond donors (Lipinski definition) is 2. The van der Waals surface area contributed by atoms with Crippen LogP contribution in [-0.2, 0) is 16.6 Å². The molecule has 2 rings (SSSR count). The van der Waals surface area contributed by atoms with Gasteiger partial charge in [0.25, 0.3) is 0 Å². The van der Waals surface area contributed by atoms with Crippen molar-refractivity contribution in [2.75, 3.05) is 13.1 Å². The van der Waals surface area contributed by atoms with Crippen LogP contribution >= 0.6 is 27.3 Å². The molecule has 2 N–H and O–H groups in total. The molecule has 4 nitrogen and oxygen atoms in total. The van der Waals surface area contributed by atoms with Crippen molar-refractivity contribution >= 4 is 37.3 Å². The van der Waals surface area contributed by atoms with E-state index >= 15 is 0 Å². The topological polar surface area (TPSA) is 58.2 Å². The summed E-state index contributed by atoms with van der Waals surface area (Å²) in [5.74, 6) is 0.846. The van der Waals surface area contributed by atoms with Crippen molar-refractivity contribution in [3.05, 3.63) is 14.7 Å². The van der Waals surface area contributed by atoms with Crippen LogP contribution in [0, 0.1) is 5.92 Å². The predicted octanol–water partition coefficient (Wildman–Crippen LogP) is 3.48. The SMILES string of the molecule is CCCNCc1cc(S(=O)(=O)NCCCC2CC2)c(Br)s1. The average Bonchev–Trinajstić information content (AvgIpc) is 3.17. The minimum absolute atomic E-state index is 0.368. The fraction of sp³-hybridized carbons (Fsp3) is 0.714. The Labute approximate surface area is 139 Å². The molecule has 0 atom stereocenters. The van der Waals surface area contributed by atoms with E-state index in [4.69, 9.17) is 0 Å². The first-order chi connectivity index (χ1) is 10.0. The van der Waals surface area contributed by atoms with Crippen molar-refractivity contribution in [1.29, 1.82) is 0 Å². The maximum Gasteiger partial charge on any atom is 0.242 e. The van der Waals surface area contributed by atoms with Crippen LogP contribution in [0.25, 0.3) is 0 Å². The largest absolute Gasteiger partial charge is 0.312 e. The lowest BCUT2D eigenvalue weighted by atomic mass is 10.2. The number of halogens is 1. The number of hydrogen-bond acceptors (Lipinski definition) is 4. The van der Waals surface area contributed by atoms with Crippen molar-refractivity contribution in [1.82, 2.24) is 10.0 Å². The Hall–Kier alpha value is 0.0500. The van der Waals surface area contributed by atoms with Gasteiger partial charge in [0.05, 0.1) is 3.79 Å². The first kappa shape index (κ1) is 17.4. The van der Waals surface area contributed by atoms with Crippen molar-refractivity contribution < 1.29 is 8.42 Å². The van der Waals surface area contributed by atoms with Gasteiger partial charge in [0.1, 0.15) is 4.90 Å². The van der Waals surface area contributed by atoms with Crippen molar-refractivity contribution in [2.24, 2.45) is 5.92 Å². The summed E-state index contributed by atoms with van der Waals surface area (Å²) in [5.41, 5.74) is 0. The van der Waals surface area contributed by atoms with E-state index in [0.717, 1.165) is 36.6 Å². The summed E-state index contributed by atoms with van der Waals surface area (Å²) in [4.78, 5) is 1.40. The van der Waals surface area contributed by atoms with Crippen molar-refractivity contribution in [3.63, 3.8) is 0 Å². The van der Waals surface area contributed by atoms with Crippen LogP contribution in [-0.4, -0.2) is 21.5 Å². The zero-order valence-corrected chi connectivity index (χ0v) is 15.5. The smallest absolute Gasteiger partial charge is 0.242 e. The molecular weight excluding hydrogens is 372 g/mol. The van der Waals surface area contributed by atoms with Crippen molar-refractivity contribution in [2.45, 2.75) is 50.5 Å². The van der Waals surface area contributed by atoms with Gasteiger partial charge in [0.2, 0.25) is 10.0 Å². The molecular formula is C14H23BrN2O2S2. The molecule has 0 bridgehead atoms. The Bertz CT molecular complexity index is 553. The molecule has 1 aliphatic carbocycles. The third-order valence-corrected chi connectivity index (χ3v) is 7.21. The standard InChI is InChI=1S/C14H23BrN2O2S2/c1-2-7-16-10-12-9-13(14(15)20-12)21(18,19)17-8-3-4-11-5-6-11/h9,11,16-17H,2-8,10H2,1H3. The zero-order valence-electron chi connectivity index (χ0n) is 12.3. The van der Waals surface area contributed by atoms with Crippen LogP contribution in [0.15, 0.2) is 14.7 Å². The second kappa shape index (κ2) is 8.06.